The van der Waals surface area contributed by atoms with Gasteiger partial charge in [-0.05, 0) is 309 Å². The highest BCUT2D eigenvalue weighted by Gasteiger charge is 2.26. The lowest BCUT2D eigenvalue weighted by molar-refractivity contribution is 0.668. The van der Waals surface area contributed by atoms with Crippen molar-refractivity contribution in [2.45, 2.75) is 0 Å². The van der Waals surface area contributed by atoms with Crippen LogP contribution in [0.2, 0.25) is 0 Å². The van der Waals surface area contributed by atoms with Crippen molar-refractivity contribution >= 4 is 163 Å². The molecule has 0 unspecified atom stereocenters. The molecule has 27 aromatic carbocycles. The normalized spacial score (nSPS) is 11.7. The third-order valence-electron chi connectivity index (χ3n) is 30.2. The fourth-order valence-electron chi connectivity index (χ4n) is 23.4. The first-order valence-electron chi connectivity index (χ1n) is 50.5. The lowest BCUT2D eigenvalue weighted by Crippen LogP contribution is -1.93. The smallest absolute Gasteiger partial charge is 0.135 e. The van der Waals surface area contributed by atoms with Crippen LogP contribution in [0.5, 0.6) is 0 Å². The van der Waals surface area contributed by atoms with Crippen molar-refractivity contribution < 1.29 is 13.3 Å². The Balaban J connectivity index is 0.000000107. The molecule has 3 nitrogen and oxygen atoms in total. The maximum Gasteiger partial charge on any atom is 0.135 e. The molecular weight excluding hydrogens is 1780 g/mol. The van der Waals surface area contributed by atoms with Crippen LogP contribution >= 0.6 is 0 Å². The van der Waals surface area contributed by atoms with Gasteiger partial charge in [0.1, 0.15) is 33.5 Å². The Morgan fingerprint density at radius 2 is 0.293 bits per heavy atom. The Bertz CT molecular complexity index is 10300. The Morgan fingerprint density at radius 1 is 0.0884 bits per heavy atom. The van der Waals surface area contributed by atoms with E-state index in [9.17, 15) is 0 Å². The number of benzene rings is 27. The van der Waals surface area contributed by atoms with E-state index >= 15 is 0 Å². The van der Waals surface area contributed by atoms with Crippen LogP contribution in [0.1, 0.15) is 0 Å². The van der Waals surface area contributed by atoms with E-state index in [0.29, 0.717) is 0 Å². The zero-order chi connectivity index (χ0) is 96.9. The first-order chi connectivity index (χ1) is 72.9. The molecule has 0 fully saturated rings. The molecule has 3 heterocycles. The molecule has 3 aromatic heterocycles. The number of hydrogen-bond acceptors (Lipinski definition) is 3. The Labute approximate surface area is 849 Å². The maximum atomic E-state index is 6.19. The fourth-order valence-corrected chi connectivity index (χ4v) is 23.4. The summed E-state index contributed by atoms with van der Waals surface area (Å²) in [5.74, 6) is 0. The van der Waals surface area contributed by atoms with E-state index in [1.54, 1.807) is 0 Å². The summed E-state index contributed by atoms with van der Waals surface area (Å²) >= 11 is 0. The molecule has 30 rings (SSSR count). The van der Waals surface area contributed by atoms with Gasteiger partial charge in [0.25, 0.3) is 0 Å². The highest BCUT2D eigenvalue weighted by Crippen LogP contribution is 2.53. The fraction of sp³-hybridized carbons (Fsp3) is 0. The molecule has 0 aliphatic carbocycles. The molecule has 0 bridgehead atoms. The molecule has 0 spiro atoms. The van der Waals surface area contributed by atoms with Crippen LogP contribution in [0.15, 0.2) is 559 Å². The van der Waals surface area contributed by atoms with Crippen molar-refractivity contribution in [3.63, 3.8) is 0 Å². The molecule has 684 valence electrons. The molecule has 3 heteroatoms. The van der Waals surface area contributed by atoms with Gasteiger partial charge in [-0.2, -0.15) is 0 Å². The lowest BCUT2D eigenvalue weighted by Gasteiger charge is -2.20. The second kappa shape index (κ2) is 36.0. The van der Waals surface area contributed by atoms with Crippen molar-refractivity contribution in [2.24, 2.45) is 0 Å². The summed E-state index contributed by atoms with van der Waals surface area (Å²) in [4.78, 5) is 0. The SMILES string of the molecule is c1ccc(-c2ccc3cccc(-c4c5ccccc5c(-c5ccc(-c6ccc7oc8ccccc8c7c6)cc5)c5ccccc45)c3c2)cc1.c1ccc(-c2ccc3cccc(-c4c5ccccc5c(-c5cccc(-c6ccc7oc8ccccc8c7c6)c5)c5ccccc45)c3c2)cc1.c1ccc(-c2ccc3cccc(-c4c5ccccc5c(-c5ccccc5-c5ccc6oc7ccccc7c6c5)c5ccccc45)c3c2)cc1. The summed E-state index contributed by atoms with van der Waals surface area (Å²) in [6.07, 6.45) is 0. The second-order valence-electron chi connectivity index (χ2n) is 38.5. The van der Waals surface area contributed by atoms with Crippen molar-refractivity contribution in [3.05, 3.63) is 546 Å². The van der Waals surface area contributed by atoms with E-state index in [1.165, 1.54) is 230 Å². The van der Waals surface area contributed by atoms with E-state index in [1.807, 2.05) is 36.4 Å². The van der Waals surface area contributed by atoms with Crippen LogP contribution < -0.4 is 0 Å². The summed E-state index contributed by atoms with van der Waals surface area (Å²) in [6, 6.07) is 198. The van der Waals surface area contributed by atoms with Gasteiger partial charge in [0.2, 0.25) is 0 Å². The van der Waals surface area contributed by atoms with Crippen LogP contribution in [-0.4, -0.2) is 0 Å². The maximum absolute atomic E-state index is 6.19. The van der Waals surface area contributed by atoms with Gasteiger partial charge in [-0.25, -0.2) is 0 Å². The molecule has 0 amide bonds. The summed E-state index contributed by atoms with van der Waals surface area (Å²) in [5, 5.41) is 29.4. The number of fused-ring (bicyclic) bond motifs is 18. The van der Waals surface area contributed by atoms with Crippen molar-refractivity contribution in [1.82, 2.24) is 0 Å². The average Bonchev–Trinajstić information content (AvgIpc) is 1.19. The quantitative estimate of drug-likeness (QED) is 0.114. The Hall–Kier alpha value is -19.3. The number of hydrogen-bond donors (Lipinski definition) is 0. The van der Waals surface area contributed by atoms with E-state index < -0.39 is 0 Å². The molecule has 147 heavy (non-hydrogen) atoms. The minimum Gasteiger partial charge on any atom is -0.456 e. The predicted octanol–water partition coefficient (Wildman–Crippen LogP) is 41.1. The minimum atomic E-state index is 0.910. The minimum absolute atomic E-state index is 0.910. The molecule has 0 aliphatic rings. The standard InChI is InChI=1S/3C48H30O/c1-2-12-31(13-3-1)34-25-24-32-14-11-22-42(43(32)29-34)48-40-20-6-4-18-38(40)47(39-19-5-7-21-41(39)48)36-16-10-15-33(28-36)35-26-27-46-44(30-35)37-17-8-9-23-45(37)49-46;1-2-11-31(12-3-1)35-26-23-33-13-10-19-42(43(33)29-35)48-40-17-6-4-15-38(40)47(39-16-5-7-18-41(39)48)34-24-21-32(22-25-34)36-27-28-46-44(30-36)37-14-8-9-20-45(37)49-46;1-2-13-31(14-3-1)33-26-25-32-15-12-23-42(43(32)29-33)48-40-21-8-6-19-38(40)47(39-20-7-9-22-41(39)48)37-18-5-4-16-35(37)34-27-28-46-44(30-34)36-17-10-11-24-45(36)49-46/h3*1-30H. The van der Waals surface area contributed by atoms with Gasteiger partial charge in [0.05, 0.1) is 0 Å². The van der Waals surface area contributed by atoms with Crippen LogP contribution in [0, 0.1) is 0 Å². The van der Waals surface area contributed by atoms with Crippen LogP contribution in [0.25, 0.3) is 296 Å². The van der Waals surface area contributed by atoms with E-state index in [2.05, 4.69) is 510 Å². The van der Waals surface area contributed by atoms with Crippen LogP contribution in [0.3, 0.4) is 0 Å². The van der Waals surface area contributed by atoms with Crippen LogP contribution in [0.4, 0.5) is 0 Å². The summed E-state index contributed by atoms with van der Waals surface area (Å²) in [6.45, 7) is 0. The summed E-state index contributed by atoms with van der Waals surface area (Å²) in [7, 11) is 0. The zero-order valence-corrected chi connectivity index (χ0v) is 80.2. The second-order valence-corrected chi connectivity index (χ2v) is 38.5. The first-order valence-corrected chi connectivity index (χ1v) is 50.5. The predicted molar refractivity (Wildman–Crippen MR) is 624 cm³/mol. The van der Waals surface area contributed by atoms with Gasteiger partial charge >= 0.3 is 0 Å². The molecule has 0 atom stereocenters. The van der Waals surface area contributed by atoms with Gasteiger partial charge < -0.3 is 13.3 Å². The van der Waals surface area contributed by atoms with E-state index in [4.69, 9.17) is 13.3 Å². The van der Waals surface area contributed by atoms with Gasteiger partial charge in [0.15, 0.2) is 0 Å². The molecule has 0 N–H and O–H groups in total. The molecular formula is C144H90O3. The summed E-state index contributed by atoms with van der Waals surface area (Å²) < 4.78 is 18.4. The summed E-state index contributed by atoms with van der Waals surface area (Å²) in [5.41, 5.74) is 35.0. The van der Waals surface area contributed by atoms with E-state index in [-0.39, 0.29) is 0 Å². The molecule has 0 aliphatic heterocycles. The monoisotopic (exact) mass is 1870 g/mol. The zero-order valence-electron chi connectivity index (χ0n) is 80.2. The van der Waals surface area contributed by atoms with Gasteiger partial charge in [-0.15, -0.1) is 0 Å². The number of para-hydroxylation sites is 3. The number of furan rings is 3. The van der Waals surface area contributed by atoms with Crippen LogP contribution in [-0.2, 0) is 0 Å². The van der Waals surface area contributed by atoms with Crippen molar-refractivity contribution in [3.8, 4) is 134 Å². The van der Waals surface area contributed by atoms with Gasteiger partial charge in [-0.3, -0.25) is 0 Å². The largest absolute Gasteiger partial charge is 0.456 e. The molecule has 0 radical (unpaired) electrons. The number of rotatable bonds is 12. The van der Waals surface area contributed by atoms with Crippen molar-refractivity contribution in [1.29, 1.82) is 0 Å². The molecule has 30 aromatic rings. The lowest BCUT2D eigenvalue weighted by atomic mass is 9.82. The van der Waals surface area contributed by atoms with Gasteiger partial charge in [0, 0.05) is 32.3 Å². The Morgan fingerprint density at radius 3 is 0.646 bits per heavy atom. The molecule has 0 saturated heterocycles. The topological polar surface area (TPSA) is 39.4 Å². The molecule has 0 saturated carbocycles. The third-order valence-corrected chi connectivity index (χ3v) is 30.2. The first kappa shape index (κ1) is 85.6. The third kappa shape index (κ3) is 15.0. The Kier molecular flexibility index (Phi) is 21.0. The highest BCUT2D eigenvalue weighted by atomic mass is 16.3. The average molecular weight is 1870 g/mol. The highest BCUT2D eigenvalue weighted by molar-refractivity contribution is 6.28. The van der Waals surface area contributed by atoms with Gasteiger partial charge in [-0.1, -0.05) is 467 Å². The van der Waals surface area contributed by atoms with Crippen molar-refractivity contribution in [2.75, 3.05) is 0 Å². The van der Waals surface area contributed by atoms with E-state index in [0.717, 1.165) is 65.8 Å².